The predicted octanol–water partition coefficient (Wildman–Crippen LogP) is 2.37. The maximum Gasteiger partial charge on any atom is 0.0663 e. The lowest BCUT2D eigenvalue weighted by atomic mass is 9.92. The summed E-state index contributed by atoms with van der Waals surface area (Å²) in [7, 11) is 0. The van der Waals surface area contributed by atoms with Crippen molar-refractivity contribution in [3.8, 4) is 0 Å². The summed E-state index contributed by atoms with van der Waals surface area (Å²) < 4.78 is 0. The summed E-state index contributed by atoms with van der Waals surface area (Å²) >= 11 is 0. The van der Waals surface area contributed by atoms with Gasteiger partial charge in [0.25, 0.3) is 0 Å². The Morgan fingerprint density at radius 1 is 1.19 bits per heavy atom. The Balaban J connectivity index is 1.96. The van der Waals surface area contributed by atoms with E-state index in [-0.39, 0.29) is 0 Å². The smallest absolute Gasteiger partial charge is 0.0663 e. The minimum Gasteiger partial charge on any atom is -0.301 e. The zero-order valence-corrected chi connectivity index (χ0v) is 10.5. The second-order valence-corrected chi connectivity index (χ2v) is 5.00. The minimum absolute atomic E-state index is 0.614. The maximum absolute atomic E-state index is 4.30. The summed E-state index contributed by atoms with van der Waals surface area (Å²) in [5, 5.41) is 8.45. The van der Waals surface area contributed by atoms with Crippen LogP contribution in [0.4, 0.5) is 0 Å². The molecule has 0 bridgehead atoms. The van der Waals surface area contributed by atoms with Crippen LogP contribution in [0.15, 0.2) is 12.1 Å². The van der Waals surface area contributed by atoms with Crippen LogP contribution in [0.3, 0.4) is 0 Å². The van der Waals surface area contributed by atoms with Crippen molar-refractivity contribution in [2.75, 3.05) is 13.1 Å². The van der Waals surface area contributed by atoms with Gasteiger partial charge in [-0.3, -0.25) is 0 Å². The van der Waals surface area contributed by atoms with Crippen molar-refractivity contribution in [3.63, 3.8) is 0 Å². The molecule has 16 heavy (non-hydrogen) atoms. The minimum atomic E-state index is 0.614. The zero-order chi connectivity index (χ0) is 11.5. The molecule has 0 saturated carbocycles. The fraction of sp³-hybridized carbons (Fsp3) is 0.692. The van der Waals surface area contributed by atoms with Crippen LogP contribution >= 0.6 is 0 Å². The highest BCUT2D eigenvalue weighted by molar-refractivity contribution is 5.11. The topological polar surface area (TPSA) is 29.0 Å². The molecular weight excluding hydrogens is 198 g/mol. The van der Waals surface area contributed by atoms with Crippen LogP contribution in [0.25, 0.3) is 0 Å². The highest BCUT2D eigenvalue weighted by Crippen LogP contribution is 2.26. The Bertz CT molecular complexity index is 324. The van der Waals surface area contributed by atoms with E-state index in [0.29, 0.717) is 12.0 Å². The quantitative estimate of drug-likeness (QED) is 0.764. The second-order valence-electron chi connectivity index (χ2n) is 5.00. The Morgan fingerprint density at radius 2 is 1.88 bits per heavy atom. The third-order valence-electron chi connectivity index (χ3n) is 3.50. The molecule has 3 heteroatoms. The first-order chi connectivity index (χ1) is 7.66. The van der Waals surface area contributed by atoms with E-state index >= 15 is 0 Å². The number of aromatic nitrogens is 2. The van der Waals surface area contributed by atoms with Crippen molar-refractivity contribution in [1.29, 1.82) is 0 Å². The molecule has 0 aliphatic carbocycles. The molecular formula is C13H21N3. The molecule has 2 rings (SSSR count). The van der Waals surface area contributed by atoms with Gasteiger partial charge in [0.15, 0.2) is 0 Å². The molecule has 0 unspecified atom stereocenters. The van der Waals surface area contributed by atoms with Crippen LogP contribution in [-0.4, -0.2) is 34.2 Å². The number of rotatable bonds is 2. The monoisotopic (exact) mass is 219 g/mol. The normalized spacial score (nSPS) is 19.2. The maximum atomic E-state index is 4.30. The lowest BCUT2D eigenvalue weighted by Gasteiger charge is -2.34. The molecule has 1 aliphatic rings. The molecule has 1 aromatic rings. The first-order valence-electron chi connectivity index (χ1n) is 6.21. The Hall–Kier alpha value is -0.960. The molecule has 0 amide bonds. The summed E-state index contributed by atoms with van der Waals surface area (Å²) in [6.07, 6.45) is 2.44. The standard InChI is InChI=1S/C13H21N3/c1-10(2)16-8-6-12(7-9-16)13-5-4-11(3)14-15-13/h4-5,10,12H,6-9H2,1-3H3. The van der Waals surface area contributed by atoms with E-state index in [4.69, 9.17) is 0 Å². The van der Waals surface area contributed by atoms with Gasteiger partial charge in [0.1, 0.15) is 0 Å². The summed E-state index contributed by atoms with van der Waals surface area (Å²) in [6.45, 7) is 8.91. The number of piperidine rings is 1. The van der Waals surface area contributed by atoms with Gasteiger partial charge in [-0.1, -0.05) is 0 Å². The van der Waals surface area contributed by atoms with E-state index in [1.54, 1.807) is 0 Å². The summed E-state index contributed by atoms with van der Waals surface area (Å²) in [6, 6.07) is 4.87. The highest BCUT2D eigenvalue weighted by atomic mass is 15.2. The molecule has 88 valence electrons. The molecule has 1 fully saturated rings. The second kappa shape index (κ2) is 4.91. The molecule has 1 aliphatic heterocycles. The number of hydrogen-bond donors (Lipinski definition) is 0. The van der Waals surface area contributed by atoms with E-state index in [2.05, 4.69) is 41.1 Å². The van der Waals surface area contributed by atoms with Crippen molar-refractivity contribution in [3.05, 3.63) is 23.5 Å². The van der Waals surface area contributed by atoms with Crippen molar-refractivity contribution < 1.29 is 0 Å². The van der Waals surface area contributed by atoms with E-state index < -0.39 is 0 Å². The molecule has 1 saturated heterocycles. The van der Waals surface area contributed by atoms with Gasteiger partial charge in [-0.25, -0.2) is 0 Å². The zero-order valence-electron chi connectivity index (χ0n) is 10.5. The van der Waals surface area contributed by atoms with Crippen LogP contribution < -0.4 is 0 Å². The van der Waals surface area contributed by atoms with Crippen LogP contribution in [-0.2, 0) is 0 Å². The SMILES string of the molecule is Cc1ccc(C2CCN(C(C)C)CC2)nn1. The predicted molar refractivity (Wildman–Crippen MR) is 65.5 cm³/mol. The van der Waals surface area contributed by atoms with Crippen molar-refractivity contribution in [2.24, 2.45) is 0 Å². The number of aryl methyl sites for hydroxylation is 1. The fourth-order valence-corrected chi connectivity index (χ4v) is 2.34. The first-order valence-corrected chi connectivity index (χ1v) is 6.21. The summed E-state index contributed by atoms with van der Waals surface area (Å²) in [4.78, 5) is 2.54. The summed E-state index contributed by atoms with van der Waals surface area (Å²) in [5.74, 6) is 0.614. The van der Waals surface area contributed by atoms with Gasteiger partial charge in [-0.15, -0.1) is 0 Å². The highest BCUT2D eigenvalue weighted by Gasteiger charge is 2.22. The van der Waals surface area contributed by atoms with Gasteiger partial charge in [0.2, 0.25) is 0 Å². The average Bonchev–Trinajstić information content (AvgIpc) is 2.30. The Kier molecular flexibility index (Phi) is 3.54. The molecule has 1 aromatic heterocycles. The molecule has 2 heterocycles. The van der Waals surface area contributed by atoms with Crippen LogP contribution in [0.1, 0.15) is 44.0 Å². The molecule has 0 aromatic carbocycles. The van der Waals surface area contributed by atoms with Crippen molar-refractivity contribution in [1.82, 2.24) is 15.1 Å². The molecule has 0 N–H and O–H groups in total. The van der Waals surface area contributed by atoms with Crippen LogP contribution in [0.5, 0.6) is 0 Å². The van der Waals surface area contributed by atoms with Gasteiger partial charge < -0.3 is 4.90 Å². The molecule has 0 spiro atoms. The molecule has 0 atom stereocenters. The summed E-state index contributed by atoms with van der Waals surface area (Å²) in [5.41, 5.74) is 2.18. The van der Waals surface area contributed by atoms with Crippen LogP contribution in [0.2, 0.25) is 0 Å². The van der Waals surface area contributed by atoms with Crippen molar-refractivity contribution >= 4 is 0 Å². The van der Waals surface area contributed by atoms with E-state index in [1.165, 1.54) is 31.6 Å². The van der Waals surface area contributed by atoms with E-state index in [9.17, 15) is 0 Å². The van der Waals surface area contributed by atoms with Gasteiger partial charge in [-0.05, 0) is 58.8 Å². The van der Waals surface area contributed by atoms with E-state index in [1.807, 2.05) is 6.92 Å². The third kappa shape index (κ3) is 2.59. The van der Waals surface area contributed by atoms with E-state index in [0.717, 1.165) is 5.69 Å². The largest absolute Gasteiger partial charge is 0.301 e. The Morgan fingerprint density at radius 3 is 2.38 bits per heavy atom. The lowest BCUT2D eigenvalue weighted by molar-refractivity contribution is 0.170. The van der Waals surface area contributed by atoms with Gasteiger partial charge in [0.05, 0.1) is 11.4 Å². The molecule has 3 nitrogen and oxygen atoms in total. The third-order valence-corrected chi connectivity index (χ3v) is 3.50. The van der Waals surface area contributed by atoms with Crippen LogP contribution in [0, 0.1) is 6.92 Å². The van der Waals surface area contributed by atoms with Gasteiger partial charge >= 0.3 is 0 Å². The Labute approximate surface area is 97.9 Å². The lowest BCUT2D eigenvalue weighted by Crippen LogP contribution is -2.38. The fourth-order valence-electron chi connectivity index (χ4n) is 2.34. The number of nitrogens with zero attached hydrogens (tertiary/aromatic N) is 3. The number of likely N-dealkylation sites (tertiary alicyclic amines) is 1. The molecule has 0 radical (unpaired) electrons. The van der Waals surface area contributed by atoms with Gasteiger partial charge in [0, 0.05) is 12.0 Å². The average molecular weight is 219 g/mol. The first kappa shape index (κ1) is 11.5. The number of hydrogen-bond acceptors (Lipinski definition) is 3. The van der Waals surface area contributed by atoms with Crippen molar-refractivity contribution in [2.45, 2.75) is 45.6 Å². The van der Waals surface area contributed by atoms with Gasteiger partial charge in [-0.2, -0.15) is 10.2 Å².